The Hall–Kier alpha value is -1.43. The molecule has 0 saturated carbocycles. The van der Waals surface area contributed by atoms with Crippen LogP contribution in [0.1, 0.15) is 34.8 Å². The van der Waals surface area contributed by atoms with Crippen LogP contribution in [-0.2, 0) is 0 Å². The number of rotatable bonds is 2. The quantitative estimate of drug-likeness (QED) is 0.857. The minimum atomic E-state index is -0.381. The van der Waals surface area contributed by atoms with E-state index in [0.29, 0.717) is 0 Å². The summed E-state index contributed by atoms with van der Waals surface area (Å²) in [6, 6.07) is 1.50. The number of halogens is 1. The standard InChI is InChI=1S/C12H15BrN4O/c1-7-5-8(2)17(14-7)12(18)10(4)16-6-11(13)9(3)15-16/h5-6,10H,1-4H3. The maximum atomic E-state index is 12.3. The fourth-order valence-corrected chi connectivity index (χ4v) is 2.09. The Morgan fingerprint density at radius 3 is 2.44 bits per heavy atom. The second-order valence-electron chi connectivity index (χ2n) is 4.40. The molecule has 2 heterocycles. The number of hydrogen-bond donors (Lipinski definition) is 0. The van der Waals surface area contributed by atoms with Crippen molar-refractivity contribution in [3.05, 3.63) is 33.8 Å². The topological polar surface area (TPSA) is 52.7 Å². The third kappa shape index (κ3) is 2.25. The molecule has 0 amide bonds. The van der Waals surface area contributed by atoms with Crippen molar-refractivity contribution in [1.29, 1.82) is 0 Å². The Morgan fingerprint density at radius 2 is 2.00 bits per heavy atom. The van der Waals surface area contributed by atoms with Crippen molar-refractivity contribution < 1.29 is 4.79 Å². The number of nitrogens with zero attached hydrogens (tertiary/aromatic N) is 4. The van der Waals surface area contributed by atoms with E-state index >= 15 is 0 Å². The molecular formula is C12H15BrN4O. The first-order valence-corrected chi connectivity index (χ1v) is 6.48. The zero-order valence-corrected chi connectivity index (χ0v) is 12.4. The number of hydrogen-bond acceptors (Lipinski definition) is 3. The summed E-state index contributed by atoms with van der Waals surface area (Å²) < 4.78 is 3.99. The van der Waals surface area contributed by atoms with Gasteiger partial charge >= 0.3 is 0 Å². The Morgan fingerprint density at radius 1 is 1.33 bits per heavy atom. The van der Waals surface area contributed by atoms with E-state index in [0.717, 1.165) is 21.6 Å². The van der Waals surface area contributed by atoms with Crippen molar-refractivity contribution >= 4 is 21.8 Å². The van der Waals surface area contributed by atoms with Crippen LogP contribution in [0.3, 0.4) is 0 Å². The van der Waals surface area contributed by atoms with E-state index in [2.05, 4.69) is 26.1 Å². The molecule has 0 aromatic carbocycles. The molecule has 2 aromatic rings. The van der Waals surface area contributed by atoms with Gasteiger partial charge in [-0.3, -0.25) is 9.48 Å². The van der Waals surface area contributed by atoms with E-state index in [-0.39, 0.29) is 11.9 Å². The normalized spacial score (nSPS) is 12.7. The highest BCUT2D eigenvalue weighted by molar-refractivity contribution is 9.10. The molecule has 6 heteroatoms. The highest BCUT2D eigenvalue weighted by Gasteiger charge is 2.21. The fraction of sp³-hybridized carbons (Fsp3) is 0.417. The lowest BCUT2D eigenvalue weighted by Gasteiger charge is -2.11. The average Bonchev–Trinajstić information content (AvgIpc) is 2.81. The van der Waals surface area contributed by atoms with Crippen molar-refractivity contribution in [3.8, 4) is 0 Å². The van der Waals surface area contributed by atoms with Crippen LogP contribution in [-0.4, -0.2) is 25.5 Å². The van der Waals surface area contributed by atoms with Crippen LogP contribution in [0.4, 0.5) is 0 Å². The van der Waals surface area contributed by atoms with Crippen LogP contribution in [0, 0.1) is 20.8 Å². The van der Waals surface area contributed by atoms with Crippen LogP contribution in [0.2, 0.25) is 0 Å². The zero-order valence-electron chi connectivity index (χ0n) is 10.8. The summed E-state index contributed by atoms with van der Waals surface area (Å²) in [6.07, 6.45) is 1.81. The van der Waals surface area contributed by atoms with Crippen LogP contribution in [0.5, 0.6) is 0 Å². The number of aryl methyl sites for hydroxylation is 3. The highest BCUT2D eigenvalue weighted by Crippen LogP contribution is 2.18. The van der Waals surface area contributed by atoms with Crippen LogP contribution < -0.4 is 0 Å². The van der Waals surface area contributed by atoms with E-state index in [9.17, 15) is 4.79 Å². The van der Waals surface area contributed by atoms with Crippen molar-refractivity contribution in [2.24, 2.45) is 0 Å². The summed E-state index contributed by atoms with van der Waals surface area (Å²) in [5.41, 5.74) is 2.54. The first kappa shape index (κ1) is 13.0. The molecule has 0 N–H and O–H groups in total. The largest absolute Gasteiger partial charge is 0.271 e. The van der Waals surface area contributed by atoms with E-state index in [1.165, 1.54) is 4.68 Å². The molecule has 0 spiro atoms. The second kappa shape index (κ2) is 4.68. The minimum Gasteiger partial charge on any atom is -0.270 e. The molecule has 18 heavy (non-hydrogen) atoms. The first-order valence-electron chi connectivity index (χ1n) is 5.69. The van der Waals surface area contributed by atoms with Crippen molar-refractivity contribution in [2.45, 2.75) is 33.7 Å². The molecule has 0 saturated heterocycles. The van der Waals surface area contributed by atoms with Crippen molar-refractivity contribution in [1.82, 2.24) is 19.6 Å². The molecule has 0 aliphatic rings. The van der Waals surface area contributed by atoms with E-state index in [4.69, 9.17) is 0 Å². The maximum Gasteiger partial charge on any atom is 0.271 e. The van der Waals surface area contributed by atoms with Crippen LogP contribution in [0.15, 0.2) is 16.7 Å². The molecule has 96 valence electrons. The Bertz CT molecular complexity index is 580. The first-order chi connectivity index (χ1) is 8.40. The molecule has 5 nitrogen and oxygen atoms in total. The molecule has 0 bridgehead atoms. The monoisotopic (exact) mass is 310 g/mol. The summed E-state index contributed by atoms with van der Waals surface area (Å²) in [6.45, 7) is 7.45. The smallest absolute Gasteiger partial charge is 0.270 e. The van der Waals surface area contributed by atoms with Gasteiger partial charge < -0.3 is 0 Å². The summed E-state index contributed by atoms with van der Waals surface area (Å²) in [5.74, 6) is -0.0874. The molecule has 0 aliphatic heterocycles. The molecular weight excluding hydrogens is 296 g/mol. The van der Waals surface area contributed by atoms with Gasteiger partial charge in [0.2, 0.25) is 0 Å². The van der Waals surface area contributed by atoms with E-state index in [1.54, 1.807) is 4.68 Å². The van der Waals surface area contributed by atoms with Gasteiger partial charge in [0.15, 0.2) is 0 Å². The van der Waals surface area contributed by atoms with Crippen LogP contribution >= 0.6 is 15.9 Å². The third-order valence-corrected chi connectivity index (χ3v) is 3.61. The van der Waals surface area contributed by atoms with E-state index < -0.39 is 0 Å². The third-order valence-electron chi connectivity index (χ3n) is 2.83. The van der Waals surface area contributed by atoms with Gasteiger partial charge in [0.25, 0.3) is 5.91 Å². The van der Waals surface area contributed by atoms with Crippen LogP contribution in [0.25, 0.3) is 0 Å². The molecule has 2 rings (SSSR count). The van der Waals surface area contributed by atoms with Gasteiger partial charge in [0.1, 0.15) is 6.04 Å². The van der Waals surface area contributed by atoms with Crippen molar-refractivity contribution in [2.75, 3.05) is 0 Å². The van der Waals surface area contributed by atoms with Gasteiger partial charge in [-0.1, -0.05) is 0 Å². The van der Waals surface area contributed by atoms with Gasteiger partial charge in [0.05, 0.1) is 15.9 Å². The fourth-order valence-electron chi connectivity index (χ4n) is 1.80. The predicted octanol–water partition coefficient (Wildman–Crippen LogP) is 2.67. The SMILES string of the molecule is Cc1cc(C)n(C(=O)C(C)n2cc(Br)c(C)n2)n1. The average molecular weight is 311 g/mol. The molecule has 1 unspecified atom stereocenters. The lowest BCUT2D eigenvalue weighted by atomic mass is 10.3. The Labute approximate surface area is 114 Å². The molecule has 1 atom stereocenters. The molecule has 2 aromatic heterocycles. The lowest BCUT2D eigenvalue weighted by Crippen LogP contribution is -2.25. The minimum absolute atomic E-state index is 0.0874. The summed E-state index contributed by atoms with van der Waals surface area (Å²) >= 11 is 3.39. The van der Waals surface area contributed by atoms with Gasteiger partial charge in [-0.2, -0.15) is 10.2 Å². The lowest BCUT2D eigenvalue weighted by molar-refractivity contribution is 0.0823. The summed E-state index contributed by atoms with van der Waals surface area (Å²) in [4.78, 5) is 12.3. The van der Waals surface area contributed by atoms with E-state index in [1.807, 2.05) is 40.0 Å². The maximum absolute atomic E-state index is 12.3. The molecule has 0 fully saturated rings. The molecule has 0 aliphatic carbocycles. The zero-order chi connectivity index (χ0) is 13.4. The van der Waals surface area contributed by atoms with Gasteiger partial charge in [-0.25, -0.2) is 4.68 Å². The number of aromatic nitrogens is 4. The molecule has 0 radical (unpaired) electrons. The predicted molar refractivity (Wildman–Crippen MR) is 71.7 cm³/mol. The number of carbonyl (C=O) groups is 1. The Balaban J connectivity index is 2.31. The van der Waals surface area contributed by atoms with Gasteiger partial charge in [-0.05, 0) is 49.7 Å². The summed E-state index contributed by atoms with van der Waals surface area (Å²) in [5, 5.41) is 8.50. The second-order valence-corrected chi connectivity index (χ2v) is 5.25. The number of carbonyl (C=O) groups excluding carboxylic acids is 1. The highest BCUT2D eigenvalue weighted by atomic mass is 79.9. The van der Waals surface area contributed by atoms with Gasteiger partial charge in [-0.15, -0.1) is 0 Å². The van der Waals surface area contributed by atoms with Crippen molar-refractivity contribution in [3.63, 3.8) is 0 Å². The van der Waals surface area contributed by atoms with Gasteiger partial charge in [0, 0.05) is 11.9 Å². The summed E-state index contributed by atoms with van der Waals surface area (Å²) in [7, 11) is 0. The Kier molecular flexibility index (Phi) is 3.38.